The number of carboxylic acids is 2. The number of carboxylic acid groups (broad SMARTS) is 2. The first kappa shape index (κ1) is 17.8. The van der Waals surface area contributed by atoms with Crippen LogP contribution in [0.25, 0.3) is 0 Å². The summed E-state index contributed by atoms with van der Waals surface area (Å²) < 4.78 is 0. The summed E-state index contributed by atoms with van der Waals surface area (Å²) in [5.74, 6) is -1.23. The summed E-state index contributed by atoms with van der Waals surface area (Å²) in [6.45, 7) is 2.17. The Balaban J connectivity index is 0. The molecule has 1 unspecified atom stereocenters. The number of carbonyl (C=O) groups is 2. The fourth-order valence-electron chi connectivity index (χ4n) is 1.01. The molecule has 1 aliphatic rings. The molecule has 100 valence electrons. The third-order valence-electron chi connectivity index (χ3n) is 1.60. The molecule has 0 bridgehead atoms. The molecule has 0 radical (unpaired) electrons. The van der Waals surface area contributed by atoms with E-state index in [9.17, 15) is 0 Å². The van der Waals surface area contributed by atoms with E-state index in [1.165, 1.54) is 0 Å². The molecule has 0 heterocycles. The number of aliphatic hydroxyl groups excluding tert-OH is 2. The Hall–Kier alpha value is -1.56. The maximum absolute atomic E-state index is 9.05. The normalized spacial score (nSPS) is 18.3. The number of rotatable bonds is 0. The molecular weight excluding hydrogens is 228 g/mol. The van der Waals surface area contributed by atoms with Gasteiger partial charge in [-0.15, -0.1) is 0 Å². The SMILES string of the molecule is CC(=O)O.CC(=O)O.OC1=CCC(O)CCC1. The van der Waals surface area contributed by atoms with Crippen LogP contribution in [0.5, 0.6) is 0 Å². The van der Waals surface area contributed by atoms with Crippen molar-refractivity contribution in [3.8, 4) is 0 Å². The molecule has 0 spiro atoms. The molecular formula is C11H20O6. The van der Waals surface area contributed by atoms with Crippen molar-refractivity contribution < 1.29 is 30.0 Å². The average molecular weight is 248 g/mol. The van der Waals surface area contributed by atoms with Crippen LogP contribution in [0.4, 0.5) is 0 Å². The zero-order valence-electron chi connectivity index (χ0n) is 10.1. The molecule has 1 atom stereocenters. The van der Waals surface area contributed by atoms with Gasteiger partial charge in [-0.25, -0.2) is 0 Å². The van der Waals surface area contributed by atoms with Crippen molar-refractivity contribution in [3.05, 3.63) is 11.8 Å². The second kappa shape index (κ2) is 10.9. The van der Waals surface area contributed by atoms with Gasteiger partial charge in [0.25, 0.3) is 11.9 Å². The third-order valence-corrected chi connectivity index (χ3v) is 1.60. The minimum Gasteiger partial charge on any atom is -0.513 e. The van der Waals surface area contributed by atoms with Gasteiger partial charge in [-0.2, -0.15) is 0 Å². The molecule has 6 heteroatoms. The standard InChI is InChI=1S/C7H12O2.2C2H4O2/c8-6-2-1-3-7(9)5-4-6;2*1-2(3)4/h4,7-9H,1-3,5H2;2*1H3,(H,3,4). The predicted molar refractivity (Wildman–Crippen MR) is 61.8 cm³/mol. The maximum Gasteiger partial charge on any atom is 0.300 e. The molecule has 0 aliphatic heterocycles. The smallest absolute Gasteiger partial charge is 0.300 e. The summed E-state index contributed by atoms with van der Waals surface area (Å²) in [5, 5.41) is 32.8. The first-order chi connectivity index (χ1) is 7.75. The van der Waals surface area contributed by atoms with Gasteiger partial charge in [0.05, 0.1) is 11.9 Å². The molecule has 0 fully saturated rings. The van der Waals surface area contributed by atoms with Gasteiger partial charge in [0.1, 0.15) is 0 Å². The van der Waals surface area contributed by atoms with E-state index >= 15 is 0 Å². The number of hydrogen-bond acceptors (Lipinski definition) is 4. The lowest BCUT2D eigenvalue weighted by Crippen LogP contribution is -2.01. The van der Waals surface area contributed by atoms with E-state index in [0.29, 0.717) is 12.2 Å². The first-order valence-corrected chi connectivity index (χ1v) is 5.20. The third kappa shape index (κ3) is 25.1. The number of allylic oxidation sites excluding steroid dienone is 1. The highest BCUT2D eigenvalue weighted by molar-refractivity contribution is 5.63. The molecule has 0 amide bonds. The van der Waals surface area contributed by atoms with Crippen LogP contribution >= 0.6 is 0 Å². The van der Waals surface area contributed by atoms with Crippen molar-refractivity contribution in [1.29, 1.82) is 0 Å². The topological polar surface area (TPSA) is 115 Å². The van der Waals surface area contributed by atoms with Crippen molar-refractivity contribution in [1.82, 2.24) is 0 Å². The summed E-state index contributed by atoms with van der Waals surface area (Å²) in [5.41, 5.74) is 0. The van der Waals surface area contributed by atoms with Gasteiger partial charge in [0, 0.05) is 20.3 Å². The highest BCUT2D eigenvalue weighted by Crippen LogP contribution is 2.14. The van der Waals surface area contributed by atoms with Crippen molar-refractivity contribution in [2.45, 2.75) is 45.6 Å². The van der Waals surface area contributed by atoms with Crippen molar-refractivity contribution in [2.24, 2.45) is 0 Å². The molecule has 0 aromatic carbocycles. The Bertz CT molecular complexity index is 239. The van der Waals surface area contributed by atoms with Gasteiger partial charge < -0.3 is 20.4 Å². The Labute approximate surface area is 100 Å². The summed E-state index contributed by atoms with van der Waals surface area (Å²) in [7, 11) is 0. The highest BCUT2D eigenvalue weighted by Gasteiger charge is 2.07. The lowest BCUT2D eigenvalue weighted by atomic mass is 10.2. The minimum atomic E-state index is -0.833. The molecule has 1 aliphatic carbocycles. The van der Waals surface area contributed by atoms with Gasteiger partial charge in [-0.1, -0.05) is 0 Å². The Kier molecular flexibility index (Phi) is 11.5. The molecule has 0 aromatic rings. The molecule has 1 rings (SSSR count). The van der Waals surface area contributed by atoms with Crippen LogP contribution in [-0.2, 0) is 9.59 Å². The van der Waals surface area contributed by atoms with Crippen LogP contribution in [0.3, 0.4) is 0 Å². The lowest BCUT2D eigenvalue weighted by molar-refractivity contribution is -0.135. The fourth-order valence-corrected chi connectivity index (χ4v) is 1.01. The van der Waals surface area contributed by atoms with Gasteiger partial charge in [-0.05, 0) is 25.3 Å². The maximum atomic E-state index is 9.05. The van der Waals surface area contributed by atoms with Gasteiger partial charge in [0.15, 0.2) is 0 Å². The van der Waals surface area contributed by atoms with E-state index in [4.69, 9.17) is 30.0 Å². The lowest BCUT2D eigenvalue weighted by Gasteiger charge is -2.00. The largest absolute Gasteiger partial charge is 0.513 e. The summed E-state index contributed by atoms with van der Waals surface area (Å²) in [4.78, 5) is 18.0. The monoisotopic (exact) mass is 248 g/mol. The van der Waals surface area contributed by atoms with Crippen LogP contribution in [0.2, 0.25) is 0 Å². The zero-order valence-corrected chi connectivity index (χ0v) is 10.1. The minimum absolute atomic E-state index is 0.227. The first-order valence-electron chi connectivity index (χ1n) is 5.20. The summed E-state index contributed by atoms with van der Waals surface area (Å²) in [6.07, 6.45) is 4.56. The number of aliphatic carboxylic acids is 2. The van der Waals surface area contributed by atoms with Crippen LogP contribution < -0.4 is 0 Å². The van der Waals surface area contributed by atoms with E-state index in [2.05, 4.69) is 0 Å². The predicted octanol–water partition coefficient (Wildman–Crippen LogP) is 1.54. The van der Waals surface area contributed by atoms with E-state index in [1.807, 2.05) is 0 Å². The second-order valence-corrected chi connectivity index (χ2v) is 3.52. The van der Waals surface area contributed by atoms with E-state index < -0.39 is 11.9 Å². The van der Waals surface area contributed by atoms with Crippen LogP contribution in [0.1, 0.15) is 39.5 Å². The number of hydrogen-bond donors (Lipinski definition) is 4. The van der Waals surface area contributed by atoms with Crippen molar-refractivity contribution in [3.63, 3.8) is 0 Å². The van der Waals surface area contributed by atoms with Crippen LogP contribution in [0.15, 0.2) is 11.8 Å². The van der Waals surface area contributed by atoms with Gasteiger partial charge >= 0.3 is 0 Å². The molecule has 0 saturated carbocycles. The van der Waals surface area contributed by atoms with Gasteiger partial charge in [0.2, 0.25) is 0 Å². The van der Waals surface area contributed by atoms with Crippen LogP contribution in [0, 0.1) is 0 Å². The number of aliphatic hydroxyl groups is 2. The Morgan fingerprint density at radius 3 is 2.06 bits per heavy atom. The van der Waals surface area contributed by atoms with E-state index in [0.717, 1.165) is 33.1 Å². The Morgan fingerprint density at radius 1 is 1.24 bits per heavy atom. The average Bonchev–Trinajstić information content (AvgIpc) is 2.29. The van der Waals surface area contributed by atoms with E-state index in [-0.39, 0.29) is 6.10 Å². The Morgan fingerprint density at radius 2 is 1.65 bits per heavy atom. The fraction of sp³-hybridized carbons (Fsp3) is 0.636. The highest BCUT2D eigenvalue weighted by atomic mass is 16.4. The van der Waals surface area contributed by atoms with Crippen molar-refractivity contribution >= 4 is 11.9 Å². The zero-order chi connectivity index (χ0) is 13.8. The summed E-state index contributed by atoms with van der Waals surface area (Å²) in [6, 6.07) is 0. The molecule has 4 N–H and O–H groups in total. The molecule has 0 aromatic heterocycles. The van der Waals surface area contributed by atoms with E-state index in [1.54, 1.807) is 6.08 Å². The van der Waals surface area contributed by atoms with Crippen molar-refractivity contribution in [2.75, 3.05) is 0 Å². The summed E-state index contributed by atoms with van der Waals surface area (Å²) >= 11 is 0. The van der Waals surface area contributed by atoms with Gasteiger partial charge in [-0.3, -0.25) is 9.59 Å². The van der Waals surface area contributed by atoms with Crippen LogP contribution in [-0.4, -0.2) is 38.5 Å². The molecule has 17 heavy (non-hydrogen) atoms. The molecule has 0 saturated heterocycles. The quantitative estimate of drug-likeness (QED) is 0.517. The molecule has 6 nitrogen and oxygen atoms in total. The second-order valence-electron chi connectivity index (χ2n) is 3.52.